The summed E-state index contributed by atoms with van der Waals surface area (Å²) in [5.74, 6) is 1.94. The first kappa shape index (κ1) is 18.5. The molecular formula is C21H24N8O. The summed E-state index contributed by atoms with van der Waals surface area (Å²) >= 11 is 0. The van der Waals surface area contributed by atoms with E-state index in [0.717, 1.165) is 47.0 Å². The second-order valence-corrected chi connectivity index (χ2v) is 8.10. The van der Waals surface area contributed by atoms with E-state index in [1.165, 1.54) is 0 Å². The molecule has 1 fully saturated rings. The molecule has 0 aliphatic carbocycles. The molecule has 1 aliphatic rings. The lowest BCUT2D eigenvalue weighted by molar-refractivity contribution is 0.332. The summed E-state index contributed by atoms with van der Waals surface area (Å²) in [6.45, 7) is 8.22. The maximum absolute atomic E-state index is 12.4. The van der Waals surface area contributed by atoms with Gasteiger partial charge in [0.1, 0.15) is 11.8 Å². The summed E-state index contributed by atoms with van der Waals surface area (Å²) in [5.41, 5.74) is 4.98. The molecule has 4 aromatic heterocycles. The smallest absolute Gasteiger partial charge is 0.266 e. The van der Waals surface area contributed by atoms with Gasteiger partial charge in [-0.25, -0.2) is 19.3 Å². The molecule has 5 heterocycles. The average Bonchev–Trinajstić information content (AvgIpc) is 3.17. The molecule has 154 valence electrons. The predicted octanol–water partition coefficient (Wildman–Crippen LogP) is 1.77. The number of hydrogen-bond acceptors (Lipinski definition) is 6. The molecule has 0 amide bonds. The summed E-state index contributed by atoms with van der Waals surface area (Å²) in [6.07, 6.45) is 1.62. The van der Waals surface area contributed by atoms with Crippen molar-refractivity contribution in [3.05, 3.63) is 58.0 Å². The number of fused-ring (bicyclic) bond motifs is 1. The standard InChI is InChI=1S/C21H24N8O/c1-13-7-15(3)29(24-13)18-5-6-19(30)28(25-18)11-16-9-27(10-16)21-20-17(22-12-23-21)8-14(2)26(20)4/h5-8,12,16H,9-11H2,1-4H3. The first-order chi connectivity index (χ1) is 14.4. The molecule has 0 spiro atoms. The zero-order chi connectivity index (χ0) is 21.0. The van der Waals surface area contributed by atoms with Crippen molar-refractivity contribution in [2.24, 2.45) is 13.0 Å². The molecule has 1 saturated heterocycles. The molecule has 0 aromatic carbocycles. The van der Waals surface area contributed by atoms with Crippen molar-refractivity contribution in [2.75, 3.05) is 18.0 Å². The third-order valence-electron chi connectivity index (χ3n) is 5.81. The number of rotatable bonds is 4. The van der Waals surface area contributed by atoms with Gasteiger partial charge in [-0.1, -0.05) is 0 Å². The SMILES string of the molecule is Cc1cc(C)n(-c2ccc(=O)n(CC3CN(c4ncnc5cc(C)n(C)c45)C3)n2)n1. The van der Waals surface area contributed by atoms with Gasteiger partial charge in [-0.2, -0.15) is 5.10 Å². The maximum Gasteiger partial charge on any atom is 0.266 e. The van der Waals surface area contributed by atoms with E-state index in [1.807, 2.05) is 27.0 Å². The van der Waals surface area contributed by atoms with Crippen LogP contribution >= 0.6 is 0 Å². The fourth-order valence-electron chi connectivity index (χ4n) is 4.16. The quantitative estimate of drug-likeness (QED) is 0.515. The van der Waals surface area contributed by atoms with Crippen molar-refractivity contribution >= 4 is 16.9 Å². The summed E-state index contributed by atoms with van der Waals surface area (Å²) in [6, 6.07) is 7.36. The Labute approximate surface area is 173 Å². The van der Waals surface area contributed by atoms with Crippen LogP contribution in [0.3, 0.4) is 0 Å². The minimum absolute atomic E-state index is 0.0961. The largest absolute Gasteiger partial charge is 0.354 e. The Morgan fingerprint density at radius 3 is 2.57 bits per heavy atom. The molecule has 5 rings (SSSR count). The molecular weight excluding hydrogens is 380 g/mol. The zero-order valence-electron chi connectivity index (χ0n) is 17.6. The highest BCUT2D eigenvalue weighted by molar-refractivity contribution is 5.87. The monoisotopic (exact) mass is 404 g/mol. The molecule has 9 heteroatoms. The van der Waals surface area contributed by atoms with E-state index >= 15 is 0 Å². The topological polar surface area (TPSA) is 86.7 Å². The lowest BCUT2D eigenvalue weighted by Crippen LogP contribution is -2.50. The van der Waals surface area contributed by atoms with Crippen LogP contribution in [0, 0.1) is 26.7 Å². The third-order valence-corrected chi connectivity index (χ3v) is 5.81. The van der Waals surface area contributed by atoms with E-state index in [9.17, 15) is 4.79 Å². The number of nitrogens with zero attached hydrogens (tertiary/aromatic N) is 8. The zero-order valence-corrected chi connectivity index (χ0v) is 17.6. The van der Waals surface area contributed by atoms with Gasteiger partial charge in [0.15, 0.2) is 11.6 Å². The maximum atomic E-state index is 12.4. The summed E-state index contributed by atoms with van der Waals surface area (Å²) in [7, 11) is 2.04. The van der Waals surface area contributed by atoms with Gasteiger partial charge >= 0.3 is 0 Å². The van der Waals surface area contributed by atoms with E-state index in [4.69, 9.17) is 0 Å². The molecule has 4 aromatic rings. The van der Waals surface area contributed by atoms with Crippen LogP contribution in [0.5, 0.6) is 0 Å². The van der Waals surface area contributed by atoms with Gasteiger partial charge < -0.3 is 9.47 Å². The fraction of sp³-hybridized carbons (Fsp3) is 0.381. The average molecular weight is 404 g/mol. The van der Waals surface area contributed by atoms with Gasteiger partial charge in [-0.05, 0) is 39.0 Å². The van der Waals surface area contributed by atoms with Gasteiger partial charge in [0.2, 0.25) is 0 Å². The van der Waals surface area contributed by atoms with Crippen LogP contribution < -0.4 is 10.5 Å². The molecule has 9 nitrogen and oxygen atoms in total. The highest BCUT2D eigenvalue weighted by Gasteiger charge is 2.30. The van der Waals surface area contributed by atoms with Crippen LogP contribution in [0.25, 0.3) is 16.9 Å². The van der Waals surface area contributed by atoms with Gasteiger partial charge in [-0.15, -0.1) is 5.10 Å². The minimum Gasteiger partial charge on any atom is -0.354 e. The van der Waals surface area contributed by atoms with Crippen molar-refractivity contribution in [3.63, 3.8) is 0 Å². The van der Waals surface area contributed by atoms with E-state index < -0.39 is 0 Å². The third kappa shape index (κ3) is 2.97. The Hall–Kier alpha value is -3.49. The number of anilines is 1. The van der Waals surface area contributed by atoms with Crippen molar-refractivity contribution in [1.82, 2.24) is 34.1 Å². The number of aryl methyl sites for hydroxylation is 4. The first-order valence-corrected chi connectivity index (χ1v) is 10.0. The Balaban J connectivity index is 1.35. The van der Waals surface area contributed by atoms with Crippen LogP contribution in [-0.2, 0) is 13.6 Å². The van der Waals surface area contributed by atoms with Gasteiger partial charge in [0.05, 0.1) is 17.8 Å². The van der Waals surface area contributed by atoms with E-state index in [-0.39, 0.29) is 5.56 Å². The summed E-state index contributed by atoms with van der Waals surface area (Å²) in [4.78, 5) is 23.5. The van der Waals surface area contributed by atoms with Crippen molar-refractivity contribution in [3.8, 4) is 5.82 Å². The second-order valence-electron chi connectivity index (χ2n) is 8.10. The van der Waals surface area contributed by atoms with Crippen LogP contribution in [0.2, 0.25) is 0 Å². The highest BCUT2D eigenvalue weighted by atomic mass is 16.1. The second kappa shape index (κ2) is 6.79. The van der Waals surface area contributed by atoms with E-state index in [2.05, 4.69) is 42.6 Å². The lowest BCUT2D eigenvalue weighted by atomic mass is 10.00. The Morgan fingerprint density at radius 2 is 1.83 bits per heavy atom. The normalized spacial score (nSPS) is 14.5. The highest BCUT2D eigenvalue weighted by Crippen LogP contribution is 2.30. The van der Waals surface area contributed by atoms with Crippen LogP contribution in [0.15, 0.2) is 35.4 Å². The van der Waals surface area contributed by atoms with Crippen LogP contribution in [-0.4, -0.2) is 47.2 Å². The number of hydrogen-bond donors (Lipinski definition) is 0. The first-order valence-electron chi connectivity index (χ1n) is 10.0. The predicted molar refractivity (Wildman–Crippen MR) is 114 cm³/mol. The van der Waals surface area contributed by atoms with Crippen molar-refractivity contribution < 1.29 is 0 Å². The van der Waals surface area contributed by atoms with Crippen LogP contribution in [0.1, 0.15) is 17.1 Å². The minimum atomic E-state index is -0.0961. The molecule has 0 saturated carbocycles. The molecule has 0 atom stereocenters. The molecule has 0 unspecified atom stereocenters. The van der Waals surface area contributed by atoms with Gasteiger partial charge in [0.25, 0.3) is 5.56 Å². The molecule has 1 aliphatic heterocycles. The van der Waals surface area contributed by atoms with Crippen LogP contribution in [0.4, 0.5) is 5.82 Å². The fourth-order valence-corrected chi connectivity index (χ4v) is 4.16. The van der Waals surface area contributed by atoms with Crippen molar-refractivity contribution in [2.45, 2.75) is 27.3 Å². The molecule has 0 radical (unpaired) electrons. The Kier molecular flexibility index (Phi) is 4.19. The van der Waals surface area contributed by atoms with Gasteiger partial charge in [-0.3, -0.25) is 4.79 Å². The molecule has 0 bridgehead atoms. The Bertz CT molecular complexity index is 1310. The van der Waals surface area contributed by atoms with Crippen molar-refractivity contribution in [1.29, 1.82) is 0 Å². The van der Waals surface area contributed by atoms with E-state index in [0.29, 0.717) is 18.3 Å². The van der Waals surface area contributed by atoms with Gasteiger partial charge in [0, 0.05) is 43.5 Å². The van der Waals surface area contributed by atoms with E-state index in [1.54, 1.807) is 27.8 Å². The molecule has 0 N–H and O–H groups in total. The lowest BCUT2D eigenvalue weighted by Gasteiger charge is -2.40. The Morgan fingerprint density at radius 1 is 1.03 bits per heavy atom. The molecule has 30 heavy (non-hydrogen) atoms. The summed E-state index contributed by atoms with van der Waals surface area (Å²) < 4.78 is 5.45. The summed E-state index contributed by atoms with van der Waals surface area (Å²) in [5, 5.41) is 9.03. The number of aromatic nitrogens is 7.